The lowest BCUT2D eigenvalue weighted by molar-refractivity contribution is -0.00461. The molecule has 2 rings (SSSR count). The van der Waals surface area contributed by atoms with Crippen LogP contribution in [0, 0.1) is 0 Å². The maximum absolute atomic E-state index is 12.4. The SMILES string of the molecule is COC1CN(C(=O)c2ccccc2S)CC1OC. The number of ether oxygens (including phenoxy) is 2. The molecule has 0 N–H and O–H groups in total. The monoisotopic (exact) mass is 267 g/mol. The Hall–Kier alpha value is -1.04. The summed E-state index contributed by atoms with van der Waals surface area (Å²) in [5, 5.41) is 0. The summed E-state index contributed by atoms with van der Waals surface area (Å²) in [7, 11) is 3.27. The van der Waals surface area contributed by atoms with Crippen LogP contribution in [0.25, 0.3) is 0 Å². The Morgan fingerprint density at radius 1 is 1.22 bits per heavy atom. The third-order valence-corrected chi connectivity index (χ3v) is 3.63. The molecule has 1 aromatic carbocycles. The molecule has 0 spiro atoms. The van der Waals surface area contributed by atoms with Crippen molar-refractivity contribution in [3.8, 4) is 0 Å². The van der Waals surface area contributed by atoms with Crippen LogP contribution >= 0.6 is 12.6 Å². The van der Waals surface area contributed by atoms with Crippen LogP contribution in [0.1, 0.15) is 10.4 Å². The summed E-state index contributed by atoms with van der Waals surface area (Å²) in [6.07, 6.45) is -0.128. The van der Waals surface area contributed by atoms with Crippen LogP contribution in [0.2, 0.25) is 0 Å². The number of amides is 1. The van der Waals surface area contributed by atoms with Crippen molar-refractivity contribution < 1.29 is 14.3 Å². The maximum atomic E-state index is 12.4. The highest BCUT2D eigenvalue weighted by atomic mass is 32.1. The molecule has 0 bridgehead atoms. The molecule has 0 saturated carbocycles. The van der Waals surface area contributed by atoms with Crippen molar-refractivity contribution in [1.29, 1.82) is 0 Å². The minimum atomic E-state index is -0.0639. The summed E-state index contributed by atoms with van der Waals surface area (Å²) in [4.78, 5) is 14.8. The van der Waals surface area contributed by atoms with E-state index < -0.39 is 0 Å². The van der Waals surface area contributed by atoms with E-state index in [4.69, 9.17) is 9.47 Å². The van der Waals surface area contributed by atoms with E-state index in [1.807, 2.05) is 18.2 Å². The zero-order chi connectivity index (χ0) is 13.1. The summed E-state index contributed by atoms with van der Waals surface area (Å²) in [5.74, 6) is -0.0257. The van der Waals surface area contributed by atoms with Gasteiger partial charge in [-0.3, -0.25) is 4.79 Å². The molecule has 1 aliphatic heterocycles. The highest BCUT2D eigenvalue weighted by molar-refractivity contribution is 7.80. The molecule has 98 valence electrons. The minimum Gasteiger partial charge on any atom is -0.377 e. The van der Waals surface area contributed by atoms with Gasteiger partial charge in [0.05, 0.1) is 5.56 Å². The fourth-order valence-electron chi connectivity index (χ4n) is 2.19. The van der Waals surface area contributed by atoms with Gasteiger partial charge in [0.15, 0.2) is 0 Å². The van der Waals surface area contributed by atoms with E-state index in [1.54, 1.807) is 25.2 Å². The van der Waals surface area contributed by atoms with Crippen molar-refractivity contribution >= 4 is 18.5 Å². The van der Waals surface area contributed by atoms with E-state index in [-0.39, 0.29) is 18.1 Å². The van der Waals surface area contributed by atoms with Crippen molar-refractivity contribution in [3.05, 3.63) is 29.8 Å². The average molecular weight is 267 g/mol. The molecule has 0 aromatic heterocycles. The Bertz CT molecular complexity index is 426. The van der Waals surface area contributed by atoms with Gasteiger partial charge in [-0.25, -0.2) is 0 Å². The van der Waals surface area contributed by atoms with Crippen molar-refractivity contribution in [2.24, 2.45) is 0 Å². The molecule has 0 radical (unpaired) electrons. The predicted octanol–water partition coefficient (Wildman–Crippen LogP) is 1.46. The second-order valence-corrected chi connectivity index (χ2v) is 4.76. The first kappa shape index (κ1) is 13.4. The standard InChI is InChI=1S/C13H17NO3S/c1-16-10-7-14(8-11(10)17-2)13(15)9-5-3-4-6-12(9)18/h3-6,10-11,18H,7-8H2,1-2H3. The molecule has 2 unspecified atom stereocenters. The van der Waals surface area contributed by atoms with Gasteiger partial charge in [0.25, 0.3) is 5.91 Å². The van der Waals surface area contributed by atoms with Gasteiger partial charge in [0.1, 0.15) is 12.2 Å². The quantitative estimate of drug-likeness (QED) is 0.843. The predicted molar refractivity (Wildman–Crippen MR) is 71.2 cm³/mol. The summed E-state index contributed by atoms with van der Waals surface area (Å²) in [5.41, 5.74) is 0.618. The fraction of sp³-hybridized carbons (Fsp3) is 0.462. The van der Waals surface area contributed by atoms with Crippen LogP contribution in [0.4, 0.5) is 0 Å². The van der Waals surface area contributed by atoms with Crippen molar-refractivity contribution in [3.63, 3.8) is 0 Å². The van der Waals surface area contributed by atoms with Gasteiger partial charge in [-0.05, 0) is 12.1 Å². The summed E-state index contributed by atoms with van der Waals surface area (Å²) >= 11 is 4.31. The summed E-state index contributed by atoms with van der Waals surface area (Å²) in [6, 6.07) is 7.30. The van der Waals surface area contributed by atoms with E-state index in [2.05, 4.69) is 12.6 Å². The van der Waals surface area contributed by atoms with Crippen molar-refractivity contribution in [1.82, 2.24) is 4.90 Å². The molecule has 4 nitrogen and oxygen atoms in total. The number of rotatable bonds is 3. The number of hydrogen-bond acceptors (Lipinski definition) is 4. The van der Waals surface area contributed by atoms with Gasteiger partial charge >= 0.3 is 0 Å². The van der Waals surface area contributed by atoms with Crippen LogP contribution in [-0.4, -0.2) is 50.3 Å². The van der Waals surface area contributed by atoms with Gasteiger partial charge in [-0.15, -0.1) is 12.6 Å². The molecular formula is C13H17NO3S. The molecule has 5 heteroatoms. The largest absolute Gasteiger partial charge is 0.377 e. The first-order valence-electron chi connectivity index (χ1n) is 5.80. The molecule has 2 atom stereocenters. The highest BCUT2D eigenvalue weighted by Crippen LogP contribution is 2.21. The van der Waals surface area contributed by atoms with Crippen LogP contribution in [0.15, 0.2) is 29.2 Å². The normalized spacial score (nSPS) is 23.4. The maximum Gasteiger partial charge on any atom is 0.255 e. The molecule has 18 heavy (non-hydrogen) atoms. The number of thiol groups is 1. The third kappa shape index (κ3) is 2.53. The minimum absolute atomic E-state index is 0.0257. The molecule has 1 heterocycles. The number of benzene rings is 1. The van der Waals surface area contributed by atoms with Gasteiger partial charge in [0.2, 0.25) is 0 Å². The Balaban J connectivity index is 2.14. The Morgan fingerprint density at radius 2 is 1.78 bits per heavy atom. The number of methoxy groups -OCH3 is 2. The van der Waals surface area contributed by atoms with Crippen LogP contribution in [-0.2, 0) is 9.47 Å². The number of carbonyl (C=O) groups is 1. The third-order valence-electron chi connectivity index (χ3n) is 3.24. The van der Waals surface area contributed by atoms with Crippen LogP contribution < -0.4 is 0 Å². The number of nitrogens with zero attached hydrogens (tertiary/aromatic N) is 1. The molecule has 1 saturated heterocycles. The lowest BCUT2D eigenvalue weighted by Gasteiger charge is -2.16. The highest BCUT2D eigenvalue weighted by Gasteiger charge is 2.36. The van der Waals surface area contributed by atoms with Gasteiger partial charge in [-0.1, -0.05) is 12.1 Å². The smallest absolute Gasteiger partial charge is 0.255 e. The number of carbonyl (C=O) groups excluding carboxylic acids is 1. The van der Waals surface area contributed by atoms with Crippen LogP contribution in [0.3, 0.4) is 0 Å². The molecule has 1 fully saturated rings. The Kier molecular flexibility index (Phi) is 4.27. The van der Waals surface area contributed by atoms with Gasteiger partial charge < -0.3 is 14.4 Å². The second-order valence-electron chi connectivity index (χ2n) is 4.28. The molecule has 1 amide bonds. The van der Waals surface area contributed by atoms with E-state index in [0.717, 1.165) is 0 Å². The first-order valence-corrected chi connectivity index (χ1v) is 6.25. The van der Waals surface area contributed by atoms with Crippen molar-refractivity contribution in [2.45, 2.75) is 17.1 Å². The molecule has 1 aromatic rings. The Labute approximate surface area is 112 Å². The van der Waals surface area contributed by atoms with E-state index in [0.29, 0.717) is 23.5 Å². The fourth-order valence-corrected chi connectivity index (χ4v) is 2.44. The Morgan fingerprint density at radius 3 is 2.28 bits per heavy atom. The van der Waals surface area contributed by atoms with E-state index in [1.165, 1.54) is 0 Å². The van der Waals surface area contributed by atoms with E-state index >= 15 is 0 Å². The van der Waals surface area contributed by atoms with Crippen LogP contribution in [0.5, 0.6) is 0 Å². The lowest BCUT2D eigenvalue weighted by Crippen LogP contribution is -2.30. The lowest BCUT2D eigenvalue weighted by atomic mass is 10.2. The zero-order valence-electron chi connectivity index (χ0n) is 10.5. The summed E-state index contributed by atoms with van der Waals surface area (Å²) in [6.45, 7) is 1.10. The number of hydrogen-bond donors (Lipinski definition) is 1. The van der Waals surface area contributed by atoms with Crippen molar-refractivity contribution in [2.75, 3.05) is 27.3 Å². The number of likely N-dealkylation sites (tertiary alicyclic amines) is 1. The molecule has 1 aliphatic rings. The second kappa shape index (κ2) is 5.73. The van der Waals surface area contributed by atoms with Gasteiger partial charge in [-0.2, -0.15) is 0 Å². The summed E-state index contributed by atoms with van der Waals surface area (Å²) < 4.78 is 10.6. The zero-order valence-corrected chi connectivity index (χ0v) is 11.4. The first-order chi connectivity index (χ1) is 8.67. The van der Waals surface area contributed by atoms with E-state index in [9.17, 15) is 4.79 Å². The topological polar surface area (TPSA) is 38.8 Å². The average Bonchev–Trinajstić information content (AvgIpc) is 2.81. The van der Waals surface area contributed by atoms with Gasteiger partial charge in [0, 0.05) is 32.2 Å². The molecular weight excluding hydrogens is 250 g/mol. The molecule has 0 aliphatic carbocycles.